The van der Waals surface area contributed by atoms with Gasteiger partial charge in [0.05, 0.1) is 13.0 Å². The number of unbranched alkanes of at least 4 members (excludes halogenated alkanes) is 3. The average molecular weight is 227 g/mol. The van der Waals surface area contributed by atoms with Crippen molar-refractivity contribution in [1.82, 2.24) is 4.90 Å². The lowest BCUT2D eigenvalue weighted by atomic mass is 10.2. The summed E-state index contributed by atoms with van der Waals surface area (Å²) in [5.41, 5.74) is 0. The summed E-state index contributed by atoms with van der Waals surface area (Å²) in [7, 11) is 0. The van der Waals surface area contributed by atoms with Crippen molar-refractivity contribution in [1.29, 1.82) is 0 Å². The fraction of sp³-hybridized carbons (Fsp3) is 0.923. The lowest BCUT2D eigenvalue weighted by Gasteiger charge is -2.14. The molecule has 1 aliphatic heterocycles. The highest BCUT2D eigenvalue weighted by Gasteiger charge is 2.16. The molecule has 1 aliphatic rings. The lowest BCUT2D eigenvalue weighted by molar-refractivity contribution is -0.131. The van der Waals surface area contributed by atoms with Gasteiger partial charge in [-0.05, 0) is 19.3 Å². The van der Waals surface area contributed by atoms with Crippen molar-refractivity contribution >= 4 is 5.91 Å². The van der Waals surface area contributed by atoms with Gasteiger partial charge in [-0.15, -0.1) is 0 Å². The first-order valence-electron chi connectivity index (χ1n) is 6.70. The maximum absolute atomic E-state index is 11.6. The van der Waals surface area contributed by atoms with Gasteiger partial charge in [0.1, 0.15) is 0 Å². The number of likely N-dealkylation sites (tertiary alicyclic amines) is 1. The first-order chi connectivity index (χ1) is 7.84. The van der Waals surface area contributed by atoms with Gasteiger partial charge in [-0.25, -0.2) is 0 Å². The summed E-state index contributed by atoms with van der Waals surface area (Å²) < 4.78 is 5.46. The van der Waals surface area contributed by atoms with Crippen LogP contribution in [0, 0.1) is 0 Å². The number of carbonyl (C=O) groups excluding carboxylic acids is 1. The lowest BCUT2D eigenvalue weighted by Crippen LogP contribution is -2.28. The van der Waals surface area contributed by atoms with Crippen molar-refractivity contribution in [3.8, 4) is 0 Å². The van der Waals surface area contributed by atoms with Crippen molar-refractivity contribution in [3.05, 3.63) is 0 Å². The van der Waals surface area contributed by atoms with Crippen LogP contribution in [0.15, 0.2) is 0 Å². The molecule has 0 unspecified atom stereocenters. The second-order valence-electron chi connectivity index (χ2n) is 4.51. The van der Waals surface area contributed by atoms with Crippen molar-refractivity contribution in [2.75, 3.05) is 26.3 Å². The second-order valence-corrected chi connectivity index (χ2v) is 4.51. The summed E-state index contributed by atoms with van der Waals surface area (Å²) in [4.78, 5) is 13.6. The topological polar surface area (TPSA) is 29.5 Å². The van der Waals surface area contributed by atoms with Gasteiger partial charge < -0.3 is 9.64 Å². The first kappa shape index (κ1) is 13.5. The Morgan fingerprint density at radius 1 is 1.12 bits per heavy atom. The zero-order valence-electron chi connectivity index (χ0n) is 10.5. The minimum Gasteiger partial charge on any atom is -0.381 e. The zero-order chi connectivity index (χ0) is 11.6. The molecule has 0 bridgehead atoms. The van der Waals surface area contributed by atoms with Gasteiger partial charge in [0, 0.05) is 19.7 Å². The largest absolute Gasteiger partial charge is 0.381 e. The summed E-state index contributed by atoms with van der Waals surface area (Å²) in [5.74, 6) is 0.269. The molecule has 94 valence electrons. The molecule has 1 heterocycles. The fourth-order valence-electron chi connectivity index (χ4n) is 2.02. The van der Waals surface area contributed by atoms with Gasteiger partial charge in [0.15, 0.2) is 0 Å². The normalized spacial score (nSPS) is 15.7. The first-order valence-corrected chi connectivity index (χ1v) is 6.70. The van der Waals surface area contributed by atoms with Crippen LogP contribution in [0.25, 0.3) is 0 Å². The minimum atomic E-state index is 0.269. The summed E-state index contributed by atoms with van der Waals surface area (Å²) in [5, 5.41) is 0. The van der Waals surface area contributed by atoms with Crippen LogP contribution in [0.2, 0.25) is 0 Å². The molecule has 3 nitrogen and oxygen atoms in total. The van der Waals surface area contributed by atoms with Gasteiger partial charge >= 0.3 is 0 Å². The molecule has 1 rings (SSSR count). The summed E-state index contributed by atoms with van der Waals surface area (Å²) >= 11 is 0. The van der Waals surface area contributed by atoms with E-state index >= 15 is 0 Å². The van der Waals surface area contributed by atoms with Gasteiger partial charge in [0.25, 0.3) is 0 Å². The average Bonchev–Trinajstić information content (AvgIpc) is 2.81. The molecule has 0 N–H and O–H groups in total. The molecule has 0 radical (unpaired) electrons. The molecule has 16 heavy (non-hydrogen) atoms. The Hall–Kier alpha value is -0.570. The molecule has 0 aliphatic carbocycles. The molecule has 3 heteroatoms. The number of carbonyl (C=O) groups is 1. The molecular weight excluding hydrogens is 202 g/mol. The third-order valence-corrected chi connectivity index (χ3v) is 3.06. The third kappa shape index (κ3) is 5.50. The predicted octanol–water partition coefficient (Wildman–Crippen LogP) is 2.60. The van der Waals surface area contributed by atoms with Crippen molar-refractivity contribution in [3.63, 3.8) is 0 Å². The van der Waals surface area contributed by atoms with E-state index in [1.54, 1.807) is 0 Å². The van der Waals surface area contributed by atoms with Crippen LogP contribution < -0.4 is 0 Å². The van der Waals surface area contributed by atoms with E-state index in [-0.39, 0.29) is 5.91 Å². The van der Waals surface area contributed by atoms with Crippen molar-refractivity contribution < 1.29 is 9.53 Å². The number of ether oxygens (including phenoxy) is 1. The molecule has 0 atom stereocenters. The van der Waals surface area contributed by atoms with Crippen LogP contribution in [0.3, 0.4) is 0 Å². The number of nitrogens with zero attached hydrogens (tertiary/aromatic N) is 1. The predicted molar refractivity (Wildman–Crippen MR) is 65.4 cm³/mol. The minimum absolute atomic E-state index is 0.269. The van der Waals surface area contributed by atoms with E-state index in [0.29, 0.717) is 13.0 Å². The van der Waals surface area contributed by atoms with Gasteiger partial charge in [-0.2, -0.15) is 0 Å². The van der Waals surface area contributed by atoms with Crippen LogP contribution in [-0.4, -0.2) is 37.1 Å². The van der Waals surface area contributed by atoms with Crippen LogP contribution in [0.4, 0.5) is 0 Å². The van der Waals surface area contributed by atoms with E-state index in [1.807, 2.05) is 4.90 Å². The zero-order valence-corrected chi connectivity index (χ0v) is 10.5. The Balaban J connectivity index is 1.88. The number of amides is 1. The quantitative estimate of drug-likeness (QED) is 0.596. The summed E-state index contributed by atoms with van der Waals surface area (Å²) in [6.45, 7) is 5.52. The van der Waals surface area contributed by atoms with Crippen LogP contribution >= 0.6 is 0 Å². The smallest absolute Gasteiger partial charge is 0.224 e. The van der Waals surface area contributed by atoms with Gasteiger partial charge in [0.2, 0.25) is 5.91 Å². The van der Waals surface area contributed by atoms with Gasteiger partial charge in [-0.1, -0.05) is 26.2 Å². The van der Waals surface area contributed by atoms with E-state index < -0.39 is 0 Å². The monoisotopic (exact) mass is 227 g/mol. The fourth-order valence-corrected chi connectivity index (χ4v) is 2.02. The Kier molecular flexibility index (Phi) is 7.23. The van der Waals surface area contributed by atoms with E-state index in [9.17, 15) is 4.79 Å². The van der Waals surface area contributed by atoms with Crippen molar-refractivity contribution in [2.45, 2.75) is 51.9 Å². The summed E-state index contributed by atoms with van der Waals surface area (Å²) in [6.07, 6.45) is 7.83. The van der Waals surface area contributed by atoms with Crippen LogP contribution in [0.5, 0.6) is 0 Å². The summed E-state index contributed by atoms with van der Waals surface area (Å²) in [6, 6.07) is 0. The number of hydrogen-bond acceptors (Lipinski definition) is 2. The maximum atomic E-state index is 11.6. The highest BCUT2D eigenvalue weighted by atomic mass is 16.5. The standard InChI is InChI=1S/C13H25NO2/c1-2-3-4-7-11-16-12-8-13(15)14-9-5-6-10-14/h2-12H2,1H3. The van der Waals surface area contributed by atoms with E-state index in [1.165, 1.54) is 32.1 Å². The van der Waals surface area contributed by atoms with Gasteiger partial charge in [-0.3, -0.25) is 4.79 Å². The molecule has 0 spiro atoms. The van der Waals surface area contributed by atoms with E-state index in [2.05, 4.69) is 6.92 Å². The molecule has 0 aromatic rings. The molecule has 0 saturated carbocycles. The molecule has 1 saturated heterocycles. The molecular formula is C13H25NO2. The Labute approximate surface area is 99.1 Å². The van der Waals surface area contributed by atoms with Crippen LogP contribution in [-0.2, 0) is 9.53 Å². The molecule has 1 fully saturated rings. The molecule has 1 amide bonds. The molecule has 0 aromatic carbocycles. The SMILES string of the molecule is CCCCCCOCCC(=O)N1CCCC1. The second kappa shape index (κ2) is 8.57. The number of rotatable bonds is 8. The number of hydrogen-bond donors (Lipinski definition) is 0. The third-order valence-electron chi connectivity index (χ3n) is 3.06. The Morgan fingerprint density at radius 2 is 1.88 bits per heavy atom. The Morgan fingerprint density at radius 3 is 2.56 bits per heavy atom. The molecule has 0 aromatic heterocycles. The van der Waals surface area contributed by atoms with E-state index in [4.69, 9.17) is 4.74 Å². The highest BCUT2D eigenvalue weighted by molar-refractivity contribution is 5.76. The van der Waals surface area contributed by atoms with Crippen LogP contribution in [0.1, 0.15) is 51.9 Å². The van der Waals surface area contributed by atoms with Crippen molar-refractivity contribution in [2.24, 2.45) is 0 Å². The highest BCUT2D eigenvalue weighted by Crippen LogP contribution is 2.08. The van der Waals surface area contributed by atoms with E-state index in [0.717, 1.165) is 26.1 Å². The Bertz CT molecular complexity index is 188. The maximum Gasteiger partial charge on any atom is 0.224 e.